The van der Waals surface area contributed by atoms with Gasteiger partial charge in [-0.3, -0.25) is 0 Å². The molecule has 0 saturated heterocycles. The zero-order valence-corrected chi connectivity index (χ0v) is 12.9. The molecule has 0 aliphatic carbocycles. The Balaban J connectivity index is 1.90. The molecule has 0 amide bonds. The second-order valence-corrected chi connectivity index (χ2v) is 5.24. The molecular weight excluding hydrogens is 321 g/mol. The zero-order valence-electron chi connectivity index (χ0n) is 11.4. The Bertz CT molecular complexity index is 746. The maximum atomic E-state index is 11.6. The molecule has 0 aliphatic heterocycles. The number of hydrogen-bond acceptors (Lipinski definition) is 3. The average molecular weight is 332 g/mol. The highest BCUT2D eigenvalue weighted by Gasteiger charge is 2.01. The van der Waals surface area contributed by atoms with Crippen molar-refractivity contribution in [3.05, 3.63) is 75.3 Å². The summed E-state index contributed by atoms with van der Waals surface area (Å²) in [6.45, 7) is 0.149. The fourth-order valence-corrected chi connectivity index (χ4v) is 1.96. The van der Waals surface area contributed by atoms with Gasteiger partial charge in [-0.05, 0) is 41.5 Å². The Labute approximate surface area is 138 Å². The molecule has 0 saturated carbocycles. The molecule has 0 aromatic heterocycles. The van der Waals surface area contributed by atoms with Crippen molar-refractivity contribution in [2.45, 2.75) is 6.61 Å². The number of hydrogen-bond donors (Lipinski definition) is 0. The minimum Gasteiger partial charge on any atom is -0.458 e. The molecule has 3 nitrogen and oxygen atoms in total. The molecule has 0 aliphatic rings. The largest absolute Gasteiger partial charge is 0.458 e. The Morgan fingerprint density at radius 2 is 1.86 bits per heavy atom. The second kappa shape index (κ2) is 7.65. The van der Waals surface area contributed by atoms with Crippen LogP contribution in [0.3, 0.4) is 0 Å². The van der Waals surface area contributed by atoms with E-state index in [1.807, 2.05) is 6.07 Å². The minimum atomic E-state index is -0.463. The van der Waals surface area contributed by atoms with Gasteiger partial charge >= 0.3 is 5.97 Å². The van der Waals surface area contributed by atoms with Gasteiger partial charge in [0.1, 0.15) is 6.61 Å². The van der Waals surface area contributed by atoms with Crippen LogP contribution in [0.25, 0.3) is 6.08 Å². The van der Waals surface area contributed by atoms with Crippen LogP contribution >= 0.6 is 23.2 Å². The molecule has 22 heavy (non-hydrogen) atoms. The quantitative estimate of drug-likeness (QED) is 0.606. The van der Waals surface area contributed by atoms with E-state index in [1.165, 1.54) is 6.08 Å². The smallest absolute Gasteiger partial charge is 0.331 e. The van der Waals surface area contributed by atoms with Crippen molar-refractivity contribution < 1.29 is 9.53 Å². The fourth-order valence-electron chi connectivity index (χ4n) is 1.66. The van der Waals surface area contributed by atoms with Crippen LogP contribution in [-0.2, 0) is 16.1 Å². The maximum absolute atomic E-state index is 11.6. The summed E-state index contributed by atoms with van der Waals surface area (Å²) in [6, 6.07) is 13.9. The lowest BCUT2D eigenvalue weighted by Crippen LogP contribution is -2.00. The standard InChI is InChI=1S/C17H11Cl2NO2/c18-15-7-5-12(9-16(15)19)6-8-17(21)22-11-14-3-1-13(10-20)2-4-14/h1-9H,11H2. The van der Waals surface area contributed by atoms with Crippen LogP contribution in [-0.4, -0.2) is 5.97 Å². The van der Waals surface area contributed by atoms with Gasteiger partial charge in [0.25, 0.3) is 0 Å². The molecule has 2 rings (SSSR count). The third kappa shape index (κ3) is 4.63. The predicted octanol–water partition coefficient (Wildman–Crippen LogP) is 4.62. The number of nitriles is 1. The van der Waals surface area contributed by atoms with Crippen LogP contribution in [0.15, 0.2) is 48.5 Å². The summed E-state index contributed by atoms with van der Waals surface area (Å²) >= 11 is 11.7. The average Bonchev–Trinajstić information content (AvgIpc) is 2.54. The first-order valence-electron chi connectivity index (χ1n) is 6.37. The van der Waals surface area contributed by atoms with Crippen molar-refractivity contribution in [1.29, 1.82) is 5.26 Å². The third-order valence-corrected chi connectivity index (χ3v) is 3.56. The van der Waals surface area contributed by atoms with E-state index >= 15 is 0 Å². The van der Waals surface area contributed by atoms with Gasteiger partial charge in [0, 0.05) is 6.08 Å². The van der Waals surface area contributed by atoms with Gasteiger partial charge in [-0.1, -0.05) is 41.4 Å². The van der Waals surface area contributed by atoms with Crippen molar-refractivity contribution in [2.24, 2.45) is 0 Å². The van der Waals surface area contributed by atoms with Crippen LogP contribution < -0.4 is 0 Å². The van der Waals surface area contributed by atoms with Gasteiger partial charge in [0.15, 0.2) is 0 Å². The molecule has 2 aromatic rings. The number of nitrogens with zero attached hydrogens (tertiary/aromatic N) is 1. The van der Waals surface area contributed by atoms with Crippen molar-refractivity contribution >= 4 is 35.2 Å². The van der Waals surface area contributed by atoms with E-state index in [0.29, 0.717) is 15.6 Å². The summed E-state index contributed by atoms with van der Waals surface area (Å²) in [6.07, 6.45) is 2.92. The number of benzene rings is 2. The molecule has 110 valence electrons. The van der Waals surface area contributed by atoms with Gasteiger partial charge in [0.05, 0.1) is 21.7 Å². The molecule has 0 atom stereocenters. The molecular formula is C17H11Cl2NO2. The van der Waals surface area contributed by atoms with E-state index in [1.54, 1.807) is 48.5 Å². The molecule has 0 N–H and O–H groups in total. The number of esters is 1. The highest BCUT2D eigenvalue weighted by molar-refractivity contribution is 6.42. The van der Waals surface area contributed by atoms with Crippen LogP contribution in [0.1, 0.15) is 16.7 Å². The first-order valence-corrected chi connectivity index (χ1v) is 7.13. The molecule has 0 bridgehead atoms. The first kappa shape index (κ1) is 16.1. The second-order valence-electron chi connectivity index (χ2n) is 4.42. The number of halogens is 2. The summed E-state index contributed by atoms with van der Waals surface area (Å²) in [5.41, 5.74) is 2.13. The third-order valence-electron chi connectivity index (χ3n) is 2.82. The normalized spacial score (nSPS) is 10.4. The number of carbonyl (C=O) groups is 1. The number of rotatable bonds is 4. The number of ether oxygens (including phenoxy) is 1. The van der Waals surface area contributed by atoms with E-state index in [2.05, 4.69) is 0 Å². The lowest BCUT2D eigenvalue weighted by atomic mass is 10.2. The van der Waals surface area contributed by atoms with E-state index in [9.17, 15) is 4.79 Å². The summed E-state index contributed by atoms with van der Waals surface area (Å²) in [4.78, 5) is 11.6. The summed E-state index contributed by atoms with van der Waals surface area (Å²) in [5, 5.41) is 9.59. The van der Waals surface area contributed by atoms with E-state index in [-0.39, 0.29) is 6.61 Å². The van der Waals surface area contributed by atoms with Gasteiger partial charge in [-0.2, -0.15) is 5.26 Å². The van der Waals surface area contributed by atoms with Crippen LogP contribution in [0.4, 0.5) is 0 Å². The van der Waals surface area contributed by atoms with Crippen LogP contribution in [0.5, 0.6) is 0 Å². The van der Waals surface area contributed by atoms with Gasteiger partial charge in [-0.25, -0.2) is 4.79 Å². The maximum Gasteiger partial charge on any atom is 0.331 e. The summed E-state index contributed by atoms with van der Waals surface area (Å²) in [7, 11) is 0. The van der Waals surface area contributed by atoms with E-state index in [4.69, 9.17) is 33.2 Å². The highest BCUT2D eigenvalue weighted by Crippen LogP contribution is 2.23. The monoisotopic (exact) mass is 331 g/mol. The van der Waals surface area contributed by atoms with E-state index < -0.39 is 5.97 Å². The molecule has 2 aromatic carbocycles. The van der Waals surface area contributed by atoms with Crippen molar-refractivity contribution in [3.63, 3.8) is 0 Å². The fraction of sp³-hybridized carbons (Fsp3) is 0.0588. The van der Waals surface area contributed by atoms with Crippen molar-refractivity contribution in [1.82, 2.24) is 0 Å². The van der Waals surface area contributed by atoms with Crippen LogP contribution in [0, 0.1) is 11.3 Å². The van der Waals surface area contributed by atoms with Gasteiger partial charge in [0.2, 0.25) is 0 Å². The highest BCUT2D eigenvalue weighted by atomic mass is 35.5. The Morgan fingerprint density at radius 3 is 2.50 bits per heavy atom. The molecule has 0 spiro atoms. The lowest BCUT2D eigenvalue weighted by Gasteiger charge is -2.02. The Hall–Kier alpha value is -2.28. The molecule has 0 fully saturated rings. The van der Waals surface area contributed by atoms with Crippen molar-refractivity contribution in [3.8, 4) is 6.07 Å². The number of carbonyl (C=O) groups excluding carboxylic acids is 1. The van der Waals surface area contributed by atoms with Crippen LogP contribution in [0.2, 0.25) is 10.0 Å². The Kier molecular flexibility index (Phi) is 5.60. The molecule has 0 radical (unpaired) electrons. The lowest BCUT2D eigenvalue weighted by molar-refractivity contribution is -0.138. The molecule has 0 unspecified atom stereocenters. The van der Waals surface area contributed by atoms with Gasteiger partial charge in [-0.15, -0.1) is 0 Å². The molecule has 0 heterocycles. The summed E-state index contributed by atoms with van der Waals surface area (Å²) in [5.74, 6) is -0.463. The SMILES string of the molecule is N#Cc1ccc(COC(=O)C=Cc2ccc(Cl)c(Cl)c2)cc1. The predicted molar refractivity (Wildman–Crippen MR) is 86.4 cm³/mol. The topological polar surface area (TPSA) is 50.1 Å². The molecule has 5 heteroatoms. The van der Waals surface area contributed by atoms with Crippen molar-refractivity contribution in [2.75, 3.05) is 0 Å². The van der Waals surface area contributed by atoms with E-state index in [0.717, 1.165) is 11.1 Å². The summed E-state index contributed by atoms with van der Waals surface area (Å²) < 4.78 is 5.11. The Morgan fingerprint density at radius 1 is 1.14 bits per heavy atom. The minimum absolute atomic E-state index is 0.149. The zero-order chi connectivity index (χ0) is 15.9. The first-order chi connectivity index (χ1) is 10.6. The van der Waals surface area contributed by atoms with Gasteiger partial charge < -0.3 is 4.74 Å².